The highest BCUT2D eigenvalue weighted by molar-refractivity contribution is 5.78. The first kappa shape index (κ1) is 18.8. The highest BCUT2D eigenvalue weighted by Gasteiger charge is 2.36. The molecule has 0 unspecified atom stereocenters. The molecule has 2 amide bonds. The number of urea groups is 1. The normalized spacial score (nSPS) is 20.7. The van der Waals surface area contributed by atoms with Crippen molar-refractivity contribution in [2.24, 2.45) is 5.10 Å². The van der Waals surface area contributed by atoms with Gasteiger partial charge in [0.2, 0.25) is 0 Å². The van der Waals surface area contributed by atoms with Crippen molar-refractivity contribution < 1.29 is 18.3 Å². The van der Waals surface area contributed by atoms with Crippen molar-refractivity contribution in [3.63, 3.8) is 0 Å². The fraction of sp³-hybridized carbons (Fsp3) is 0.300. The number of hydrogen-bond acceptors (Lipinski definition) is 4. The molecule has 3 heterocycles. The maximum atomic E-state index is 13.6. The zero-order valence-electron chi connectivity index (χ0n) is 15.3. The summed E-state index contributed by atoms with van der Waals surface area (Å²) in [6.45, 7) is 7.84. The van der Waals surface area contributed by atoms with Crippen LogP contribution in [0.2, 0.25) is 0 Å². The number of carbonyl (C=O) groups is 1. The molecule has 1 fully saturated rings. The van der Waals surface area contributed by atoms with Crippen molar-refractivity contribution >= 4 is 18.1 Å². The number of nitrogens with zero attached hydrogens (tertiary/aromatic N) is 5. The first-order valence-electron chi connectivity index (χ1n) is 9.10. The summed E-state index contributed by atoms with van der Waals surface area (Å²) < 4.78 is 33.0. The maximum Gasteiger partial charge on any atom is 0.341 e. The standard InChI is InChI=1S/C20H17F2N5O2/c1-23-19-11-16(2-5-24-19)29-17-4-7-26(12-17)20(28)27-18(3-6-25-27)13-8-14(21)10-15(22)9-13/h2,5-6,8-11,17-18H,3-4,7,12H2/t17-,18+/m1/s1. The van der Waals surface area contributed by atoms with Crippen LogP contribution in [0.5, 0.6) is 5.75 Å². The predicted molar refractivity (Wildman–Crippen MR) is 101 cm³/mol. The van der Waals surface area contributed by atoms with Crippen LogP contribution < -0.4 is 4.74 Å². The molecular formula is C20H17F2N5O2. The van der Waals surface area contributed by atoms with E-state index in [1.165, 1.54) is 23.3 Å². The van der Waals surface area contributed by atoms with Gasteiger partial charge in [0.25, 0.3) is 5.82 Å². The summed E-state index contributed by atoms with van der Waals surface area (Å²) in [5.74, 6) is -0.613. The Hall–Kier alpha value is -3.54. The van der Waals surface area contributed by atoms with E-state index in [1.807, 2.05) is 0 Å². The number of ether oxygens (including phenoxy) is 1. The number of amides is 2. The van der Waals surface area contributed by atoms with Crippen molar-refractivity contribution in [1.82, 2.24) is 14.9 Å². The number of hydrogen-bond donors (Lipinski definition) is 0. The Balaban J connectivity index is 1.43. The Morgan fingerprint density at radius 2 is 2.03 bits per heavy atom. The first-order chi connectivity index (χ1) is 14.0. The Labute approximate surface area is 166 Å². The van der Waals surface area contributed by atoms with E-state index in [-0.39, 0.29) is 18.0 Å². The summed E-state index contributed by atoms with van der Waals surface area (Å²) in [5.41, 5.74) is 0.365. The number of carbonyl (C=O) groups excluding carboxylic acids is 1. The lowest BCUT2D eigenvalue weighted by Crippen LogP contribution is -2.40. The van der Waals surface area contributed by atoms with Gasteiger partial charge >= 0.3 is 6.03 Å². The summed E-state index contributed by atoms with van der Waals surface area (Å²) in [5, 5.41) is 5.38. The van der Waals surface area contributed by atoms with E-state index < -0.39 is 17.7 Å². The number of benzene rings is 1. The molecule has 0 N–H and O–H groups in total. The van der Waals surface area contributed by atoms with Gasteiger partial charge < -0.3 is 14.5 Å². The van der Waals surface area contributed by atoms with Gasteiger partial charge in [-0.25, -0.2) is 18.6 Å². The third kappa shape index (κ3) is 4.01. The van der Waals surface area contributed by atoms with Crippen LogP contribution >= 0.6 is 0 Å². The minimum Gasteiger partial charge on any atom is -0.490 e. The van der Waals surface area contributed by atoms with Crippen LogP contribution in [-0.4, -0.2) is 46.3 Å². The summed E-state index contributed by atoms with van der Waals surface area (Å²) in [6.07, 6.45) is 3.86. The molecular weight excluding hydrogens is 380 g/mol. The van der Waals surface area contributed by atoms with Crippen LogP contribution in [0.4, 0.5) is 19.4 Å². The van der Waals surface area contributed by atoms with Gasteiger partial charge in [-0.2, -0.15) is 5.10 Å². The van der Waals surface area contributed by atoms with Crippen LogP contribution in [-0.2, 0) is 0 Å². The number of hydrazone groups is 1. The summed E-state index contributed by atoms with van der Waals surface area (Å²) in [7, 11) is 0. The molecule has 0 aliphatic carbocycles. The van der Waals surface area contributed by atoms with E-state index in [0.717, 1.165) is 6.07 Å². The molecule has 1 saturated heterocycles. The number of rotatable bonds is 3. The van der Waals surface area contributed by atoms with Gasteiger partial charge in [-0.05, 0) is 17.7 Å². The molecule has 29 heavy (non-hydrogen) atoms. The van der Waals surface area contributed by atoms with Gasteiger partial charge in [-0.15, -0.1) is 4.98 Å². The second kappa shape index (κ2) is 7.83. The molecule has 9 heteroatoms. The molecule has 1 aromatic carbocycles. The zero-order valence-corrected chi connectivity index (χ0v) is 15.3. The smallest absolute Gasteiger partial charge is 0.341 e. The average molecular weight is 397 g/mol. The summed E-state index contributed by atoms with van der Waals surface area (Å²) in [4.78, 5) is 21.7. The van der Waals surface area contributed by atoms with Gasteiger partial charge in [0.05, 0.1) is 12.6 Å². The summed E-state index contributed by atoms with van der Waals surface area (Å²) in [6, 6.07) is 5.57. The minimum absolute atomic E-state index is 0.225. The Bertz CT molecular complexity index is 986. The van der Waals surface area contributed by atoms with E-state index in [9.17, 15) is 13.6 Å². The number of halogens is 2. The molecule has 0 bridgehead atoms. The third-order valence-electron chi connectivity index (χ3n) is 4.85. The van der Waals surface area contributed by atoms with Crippen molar-refractivity contribution in [2.45, 2.75) is 25.0 Å². The fourth-order valence-corrected chi connectivity index (χ4v) is 3.51. The first-order valence-corrected chi connectivity index (χ1v) is 9.10. The zero-order chi connectivity index (χ0) is 20.4. The van der Waals surface area contributed by atoms with E-state index >= 15 is 0 Å². The van der Waals surface area contributed by atoms with Crippen molar-refractivity contribution in [3.05, 3.63) is 65.1 Å². The molecule has 0 radical (unpaired) electrons. The average Bonchev–Trinajstić information content (AvgIpc) is 3.36. The van der Waals surface area contributed by atoms with Gasteiger partial charge in [0, 0.05) is 43.8 Å². The Kier molecular flexibility index (Phi) is 5.08. The lowest BCUT2D eigenvalue weighted by molar-refractivity contribution is 0.142. The lowest BCUT2D eigenvalue weighted by Gasteiger charge is -2.27. The number of aromatic nitrogens is 1. The van der Waals surface area contributed by atoms with E-state index in [2.05, 4.69) is 14.9 Å². The number of likely N-dealkylation sites (tertiary alicyclic amines) is 1. The van der Waals surface area contributed by atoms with E-state index in [0.29, 0.717) is 37.2 Å². The van der Waals surface area contributed by atoms with E-state index in [4.69, 9.17) is 11.3 Å². The van der Waals surface area contributed by atoms with Gasteiger partial charge in [0.1, 0.15) is 29.7 Å². The molecule has 0 saturated carbocycles. The molecule has 0 spiro atoms. The fourth-order valence-electron chi connectivity index (χ4n) is 3.51. The molecule has 2 aromatic rings. The predicted octanol–water partition coefficient (Wildman–Crippen LogP) is 3.92. The quantitative estimate of drug-likeness (QED) is 0.738. The van der Waals surface area contributed by atoms with Crippen molar-refractivity contribution in [2.75, 3.05) is 13.1 Å². The van der Waals surface area contributed by atoms with Crippen LogP contribution in [0.15, 0.2) is 41.6 Å². The Morgan fingerprint density at radius 3 is 2.79 bits per heavy atom. The second-order valence-electron chi connectivity index (χ2n) is 6.82. The number of pyridine rings is 1. The summed E-state index contributed by atoms with van der Waals surface area (Å²) >= 11 is 0. The highest BCUT2D eigenvalue weighted by Crippen LogP contribution is 2.31. The van der Waals surface area contributed by atoms with Crippen molar-refractivity contribution in [3.8, 4) is 5.75 Å². The molecule has 7 nitrogen and oxygen atoms in total. The van der Waals surface area contributed by atoms with Crippen LogP contribution in [0, 0.1) is 18.2 Å². The molecule has 2 atom stereocenters. The monoisotopic (exact) mass is 397 g/mol. The minimum atomic E-state index is -0.690. The van der Waals surface area contributed by atoms with Crippen LogP contribution in [0.25, 0.3) is 4.85 Å². The van der Waals surface area contributed by atoms with Gasteiger partial charge in [-0.3, -0.25) is 0 Å². The molecule has 148 valence electrons. The molecule has 1 aromatic heterocycles. The van der Waals surface area contributed by atoms with Crippen molar-refractivity contribution in [1.29, 1.82) is 0 Å². The largest absolute Gasteiger partial charge is 0.490 e. The van der Waals surface area contributed by atoms with Crippen LogP contribution in [0.1, 0.15) is 24.4 Å². The lowest BCUT2D eigenvalue weighted by atomic mass is 10.0. The van der Waals surface area contributed by atoms with Crippen LogP contribution in [0.3, 0.4) is 0 Å². The maximum absolute atomic E-state index is 13.6. The van der Waals surface area contributed by atoms with Gasteiger partial charge in [0.15, 0.2) is 0 Å². The molecule has 4 rings (SSSR count). The topological polar surface area (TPSA) is 62.4 Å². The highest BCUT2D eigenvalue weighted by atomic mass is 19.1. The Morgan fingerprint density at radius 1 is 1.24 bits per heavy atom. The molecule has 2 aliphatic rings. The second-order valence-corrected chi connectivity index (χ2v) is 6.82. The molecule has 2 aliphatic heterocycles. The van der Waals surface area contributed by atoms with E-state index in [1.54, 1.807) is 23.2 Å². The third-order valence-corrected chi connectivity index (χ3v) is 4.85. The SMILES string of the molecule is [C-]#[N+]c1cc(O[C@@H]2CCN(C(=O)N3N=CC[C@H]3c3cc(F)cc(F)c3)C2)ccn1. The van der Waals surface area contributed by atoms with Gasteiger partial charge in [-0.1, -0.05) is 6.57 Å².